The first-order chi connectivity index (χ1) is 15.0. The molecule has 5 rings (SSSR count). The van der Waals surface area contributed by atoms with Crippen LogP contribution < -0.4 is 5.32 Å². The number of nitrogens with one attached hydrogen (secondary N) is 1. The zero-order chi connectivity index (χ0) is 21.4. The van der Waals surface area contributed by atoms with E-state index in [9.17, 15) is 13.2 Å². The van der Waals surface area contributed by atoms with E-state index in [-0.39, 0.29) is 16.7 Å². The predicted octanol–water partition coefficient (Wildman–Crippen LogP) is 3.39. The fourth-order valence-corrected chi connectivity index (χ4v) is 6.85. The van der Waals surface area contributed by atoms with Gasteiger partial charge in [-0.3, -0.25) is 4.79 Å². The maximum absolute atomic E-state index is 12.9. The first kappa shape index (κ1) is 20.6. The molecule has 1 amide bonds. The lowest BCUT2D eigenvalue weighted by Gasteiger charge is -2.33. The first-order valence-corrected chi connectivity index (χ1v) is 13.1. The number of anilines is 1. The van der Waals surface area contributed by atoms with Gasteiger partial charge >= 0.3 is 0 Å². The third-order valence-corrected chi connectivity index (χ3v) is 8.66. The molecule has 1 aromatic heterocycles. The minimum atomic E-state index is -3.67. The van der Waals surface area contributed by atoms with Gasteiger partial charge in [0, 0.05) is 24.6 Å². The van der Waals surface area contributed by atoms with Crippen LogP contribution in [0.5, 0.6) is 0 Å². The Labute approximate surface area is 185 Å². The number of fused-ring (bicyclic) bond motifs is 1. The standard InChI is InChI=1S/C21H25N5O3S2/c27-19(22-21-24-23-20(30-21)14-7-2-1-3-8-14)15-9-6-12-26(13-15)18-16-10-4-5-11-17(16)31(28,29)25-18/h4-5,10-11,14-15H,1-3,6-9,12-13H2,(H,22,24,27). The Kier molecular flexibility index (Phi) is 5.51. The number of rotatable bonds is 3. The van der Waals surface area contributed by atoms with E-state index in [2.05, 4.69) is 19.9 Å². The van der Waals surface area contributed by atoms with Crippen LogP contribution in [0.2, 0.25) is 0 Å². The molecule has 3 heterocycles. The van der Waals surface area contributed by atoms with Gasteiger partial charge in [-0.1, -0.05) is 42.7 Å². The molecule has 2 aromatic rings. The summed E-state index contributed by atoms with van der Waals surface area (Å²) in [6.07, 6.45) is 7.58. The van der Waals surface area contributed by atoms with Gasteiger partial charge in [0.2, 0.25) is 11.0 Å². The SMILES string of the molecule is O=C(Nc1nnc(C2CCCCC2)s1)C1CCCN(C2=NS(=O)(=O)c3ccccc32)C1. The summed E-state index contributed by atoms with van der Waals surface area (Å²) >= 11 is 1.48. The highest BCUT2D eigenvalue weighted by atomic mass is 32.2. The van der Waals surface area contributed by atoms with Crippen molar-refractivity contribution in [1.29, 1.82) is 0 Å². The van der Waals surface area contributed by atoms with Crippen molar-refractivity contribution >= 4 is 38.2 Å². The Morgan fingerprint density at radius 1 is 1.06 bits per heavy atom. The van der Waals surface area contributed by atoms with E-state index >= 15 is 0 Å². The summed E-state index contributed by atoms with van der Waals surface area (Å²) < 4.78 is 28.8. The van der Waals surface area contributed by atoms with Crippen molar-refractivity contribution in [3.63, 3.8) is 0 Å². The van der Waals surface area contributed by atoms with Crippen molar-refractivity contribution in [2.24, 2.45) is 10.3 Å². The monoisotopic (exact) mass is 459 g/mol. The van der Waals surface area contributed by atoms with Crippen LogP contribution in [0.4, 0.5) is 5.13 Å². The number of sulfonamides is 1. The molecule has 1 saturated carbocycles. The maximum atomic E-state index is 12.9. The molecule has 1 N–H and O–H groups in total. The summed E-state index contributed by atoms with van der Waals surface area (Å²) in [5.41, 5.74) is 0.616. The smallest absolute Gasteiger partial charge is 0.285 e. The van der Waals surface area contributed by atoms with E-state index in [0.29, 0.717) is 35.5 Å². The Bertz CT molecular complexity index is 1120. The molecule has 8 nitrogen and oxygen atoms in total. The second-order valence-electron chi connectivity index (χ2n) is 8.44. The third-order valence-electron chi connectivity index (χ3n) is 6.33. The lowest BCUT2D eigenvalue weighted by molar-refractivity contribution is -0.121. The van der Waals surface area contributed by atoms with Crippen LogP contribution in [0, 0.1) is 5.92 Å². The average molecular weight is 460 g/mol. The third kappa shape index (κ3) is 4.10. The van der Waals surface area contributed by atoms with E-state index in [4.69, 9.17) is 0 Å². The second-order valence-corrected chi connectivity index (χ2v) is 11.0. The number of carbonyl (C=O) groups excluding carboxylic acids is 1. The number of likely N-dealkylation sites (tertiary alicyclic amines) is 1. The molecule has 0 radical (unpaired) electrons. The molecule has 31 heavy (non-hydrogen) atoms. The second kappa shape index (κ2) is 8.31. The highest BCUT2D eigenvalue weighted by Gasteiger charge is 2.35. The molecule has 1 saturated heterocycles. The van der Waals surface area contributed by atoms with Gasteiger partial charge in [-0.05, 0) is 37.8 Å². The lowest BCUT2D eigenvalue weighted by Crippen LogP contribution is -2.43. The van der Waals surface area contributed by atoms with Gasteiger partial charge in [0.15, 0.2) is 5.84 Å². The van der Waals surface area contributed by atoms with Crippen molar-refractivity contribution in [3.8, 4) is 0 Å². The molecule has 1 aliphatic carbocycles. The number of piperidine rings is 1. The maximum Gasteiger partial charge on any atom is 0.285 e. The van der Waals surface area contributed by atoms with Crippen molar-refractivity contribution in [3.05, 3.63) is 34.8 Å². The molecule has 2 aliphatic heterocycles. The average Bonchev–Trinajstić information content (AvgIpc) is 3.37. The Morgan fingerprint density at radius 3 is 2.71 bits per heavy atom. The number of aromatic nitrogens is 2. The van der Waals surface area contributed by atoms with Crippen LogP contribution in [0.3, 0.4) is 0 Å². The normalized spacial score (nSPS) is 23.3. The van der Waals surface area contributed by atoms with Crippen LogP contribution in [0.1, 0.15) is 61.4 Å². The van der Waals surface area contributed by atoms with Crippen molar-refractivity contribution in [1.82, 2.24) is 15.1 Å². The zero-order valence-electron chi connectivity index (χ0n) is 17.2. The topological polar surface area (TPSA) is 105 Å². The fraction of sp³-hybridized carbons (Fsp3) is 0.524. The number of nitrogens with zero attached hydrogens (tertiary/aromatic N) is 4. The minimum Gasteiger partial charge on any atom is -0.355 e. The lowest BCUT2D eigenvalue weighted by atomic mass is 9.90. The number of carbonyl (C=O) groups is 1. The van der Waals surface area contributed by atoms with Gasteiger partial charge in [0.1, 0.15) is 9.90 Å². The molecule has 1 unspecified atom stereocenters. The van der Waals surface area contributed by atoms with Gasteiger partial charge in [0.05, 0.1) is 5.92 Å². The molecular formula is C21H25N5O3S2. The molecule has 2 fully saturated rings. The van der Waals surface area contributed by atoms with Gasteiger partial charge < -0.3 is 10.2 Å². The summed E-state index contributed by atoms with van der Waals surface area (Å²) in [6.45, 7) is 1.11. The van der Waals surface area contributed by atoms with E-state index in [1.54, 1.807) is 18.2 Å². The number of amides is 1. The van der Waals surface area contributed by atoms with Gasteiger partial charge in [-0.25, -0.2) is 0 Å². The predicted molar refractivity (Wildman–Crippen MR) is 119 cm³/mol. The van der Waals surface area contributed by atoms with Crippen molar-refractivity contribution < 1.29 is 13.2 Å². The van der Waals surface area contributed by atoms with E-state index in [1.807, 2.05) is 11.0 Å². The first-order valence-electron chi connectivity index (χ1n) is 10.8. The number of hydrogen-bond donors (Lipinski definition) is 1. The molecule has 0 spiro atoms. The Hall–Kier alpha value is -2.33. The van der Waals surface area contributed by atoms with E-state index in [1.165, 1.54) is 30.6 Å². The molecule has 1 atom stereocenters. The van der Waals surface area contributed by atoms with Crippen LogP contribution in [0.15, 0.2) is 33.6 Å². The van der Waals surface area contributed by atoms with Crippen molar-refractivity contribution in [2.45, 2.75) is 55.8 Å². The van der Waals surface area contributed by atoms with Gasteiger partial charge in [0.25, 0.3) is 10.0 Å². The number of amidine groups is 1. The van der Waals surface area contributed by atoms with Crippen LogP contribution in [-0.2, 0) is 14.8 Å². The Balaban J connectivity index is 1.27. The van der Waals surface area contributed by atoms with Gasteiger partial charge in [-0.2, -0.15) is 8.42 Å². The minimum absolute atomic E-state index is 0.0919. The van der Waals surface area contributed by atoms with Crippen LogP contribution in [0.25, 0.3) is 0 Å². The number of hydrogen-bond acceptors (Lipinski definition) is 7. The summed E-state index contributed by atoms with van der Waals surface area (Å²) in [5.74, 6) is 0.563. The molecular weight excluding hydrogens is 434 g/mol. The zero-order valence-corrected chi connectivity index (χ0v) is 18.8. The molecule has 10 heteroatoms. The van der Waals surface area contributed by atoms with Gasteiger partial charge in [-0.15, -0.1) is 14.6 Å². The van der Waals surface area contributed by atoms with E-state index < -0.39 is 10.0 Å². The van der Waals surface area contributed by atoms with Crippen LogP contribution in [-0.4, -0.2) is 48.3 Å². The van der Waals surface area contributed by atoms with E-state index in [0.717, 1.165) is 30.7 Å². The Morgan fingerprint density at radius 2 is 1.87 bits per heavy atom. The molecule has 1 aromatic carbocycles. The highest BCUT2D eigenvalue weighted by Crippen LogP contribution is 2.35. The summed E-state index contributed by atoms with van der Waals surface area (Å²) in [6, 6.07) is 6.86. The largest absolute Gasteiger partial charge is 0.355 e. The molecule has 3 aliphatic rings. The summed E-state index contributed by atoms with van der Waals surface area (Å²) in [5, 5.41) is 13.0. The highest BCUT2D eigenvalue weighted by molar-refractivity contribution is 7.90. The van der Waals surface area contributed by atoms with Crippen LogP contribution >= 0.6 is 11.3 Å². The van der Waals surface area contributed by atoms with Crippen molar-refractivity contribution in [2.75, 3.05) is 18.4 Å². The quantitative estimate of drug-likeness (QED) is 0.754. The fourth-order valence-electron chi connectivity index (χ4n) is 4.71. The number of benzene rings is 1. The molecule has 164 valence electrons. The summed E-state index contributed by atoms with van der Waals surface area (Å²) in [7, 11) is -3.67. The summed E-state index contributed by atoms with van der Waals surface area (Å²) in [4.78, 5) is 15.1. The molecule has 0 bridgehead atoms.